The molecule has 1 aliphatic rings. The molecule has 0 aliphatic carbocycles. The van der Waals surface area contributed by atoms with Crippen LogP contribution in [0, 0.1) is 5.82 Å². The fourth-order valence-electron chi connectivity index (χ4n) is 2.10. The molecule has 11 heteroatoms. The van der Waals surface area contributed by atoms with Crippen molar-refractivity contribution in [3.05, 3.63) is 58.4 Å². The monoisotopic (exact) mass is 411 g/mol. The Labute approximate surface area is 162 Å². The number of aromatic nitrogens is 2. The normalized spacial score (nSPS) is 18.6. The van der Waals surface area contributed by atoms with Gasteiger partial charge in [-0.25, -0.2) is 14.0 Å². The number of aromatic hydroxyl groups is 1. The third-order valence-electron chi connectivity index (χ3n) is 3.44. The van der Waals surface area contributed by atoms with Gasteiger partial charge in [0.1, 0.15) is 17.4 Å². The maximum Gasteiger partial charge on any atom is 0.351 e. The van der Waals surface area contributed by atoms with Crippen LogP contribution in [0.3, 0.4) is 0 Å². The Bertz CT molecular complexity index is 903. The smallest absolute Gasteiger partial charge is 0.351 e. The van der Waals surface area contributed by atoms with Crippen molar-refractivity contribution in [3.8, 4) is 5.75 Å². The Balaban J connectivity index is 0.000000209. The molecule has 3 rings (SSSR count). The first-order valence-corrected chi connectivity index (χ1v) is 8.97. The van der Waals surface area contributed by atoms with Gasteiger partial charge in [0.05, 0.1) is 12.8 Å². The van der Waals surface area contributed by atoms with Crippen molar-refractivity contribution >= 4 is 29.6 Å². The zero-order chi connectivity index (χ0) is 20.7. The summed E-state index contributed by atoms with van der Waals surface area (Å²) < 4.78 is 19.5. The summed E-state index contributed by atoms with van der Waals surface area (Å²) in [6.07, 6.45) is 2.86. The van der Waals surface area contributed by atoms with E-state index < -0.39 is 35.0 Å². The van der Waals surface area contributed by atoms with E-state index in [1.807, 2.05) is 0 Å². The Morgan fingerprint density at radius 3 is 2.68 bits per heavy atom. The lowest BCUT2D eigenvalue weighted by Crippen LogP contribution is -2.29. The van der Waals surface area contributed by atoms with E-state index in [1.54, 1.807) is 12.1 Å². The van der Waals surface area contributed by atoms with Crippen molar-refractivity contribution in [1.82, 2.24) is 9.55 Å². The molecule has 1 aliphatic heterocycles. The quantitative estimate of drug-likeness (QED) is 0.541. The first kappa shape index (κ1) is 21.4. The number of carboxylic acids is 1. The van der Waals surface area contributed by atoms with Gasteiger partial charge in [0.15, 0.2) is 11.6 Å². The largest absolute Gasteiger partial charge is 0.508 e. The number of carbonyl (C=O) groups is 1. The molecule has 150 valence electrons. The Kier molecular flexibility index (Phi) is 7.55. The molecule has 0 radical (unpaired) electrons. The highest BCUT2D eigenvalue weighted by atomic mass is 32.2. The van der Waals surface area contributed by atoms with Crippen molar-refractivity contribution in [2.45, 2.75) is 11.7 Å². The van der Waals surface area contributed by atoms with Crippen LogP contribution in [0.4, 0.5) is 10.2 Å². The number of aliphatic carboxylic acids is 1. The number of nitrogens with two attached hydrogens (primary N) is 1. The number of aliphatic hydroxyl groups excluding tert-OH is 1. The van der Waals surface area contributed by atoms with E-state index in [9.17, 15) is 14.0 Å². The van der Waals surface area contributed by atoms with E-state index >= 15 is 0 Å². The molecule has 0 amide bonds. The van der Waals surface area contributed by atoms with Crippen LogP contribution in [-0.4, -0.2) is 48.6 Å². The van der Waals surface area contributed by atoms with Crippen LogP contribution in [0.5, 0.6) is 5.75 Å². The number of nitrogen functional groups attached to an aromatic ring is 1. The molecule has 2 atom stereocenters. The third-order valence-corrected chi connectivity index (χ3v) is 4.55. The van der Waals surface area contributed by atoms with Crippen molar-refractivity contribution in [3.63, 3.8) is 0 Å². The molecule has 9 nitrogen and oxygen atoms in total. The second-order valence-corrected chi connectivity index (χ2v) is 6.66. The second kappa shape index (κ2) is 9.88. The Morgan fingerprint density at radius 1 is 1.43 bits per heavy atom. The van der Waals surface area contributed by atoms with Crippen LogP contribution in [0.25, 0.3) is 6.08 Å². The molecule has 0 saturated carbocycles. The molecule has 0 bridgehead atoms. The van der Waals surface area contributed by atoms with E-state index in [0.717, 1.165) is 22.4 Å². The number of ether oxygens (including phenoxy) is 1. The van der Waals surface area contributed by atoms with Gasteiger partial charge in [-0.3, -0.25) is 4.57 Å². The summed E-state index contributed by atoms with van der Waals surface area (Å²) >= 11 is 1.35. The van der Waals surface area contributed by atoms with Crippen molar-refractivity contribution in [1.29, 1.82) is 0 Å². The number of hydrogen-bond acceptors (Lipinski definition) is 8. The zero-order valence-electron chi connectivity index (χ0n) is 14.4. The molecule has 0 spiro atoms. The number of phenolic OH excluding ortho intramolecular Hbond substituents is 1. The number of halogens is 1. The summed E-state index contributed by atoms with van der Waals surface area (Å²) in [5, 5.41) is 26.0. The van der Waals surface area contributed by atoms with E-state index in [4.69, 9.17) is 25.8 Å². The zero-order valence-corrected chi connectivity index (χ0v) is 15.3. The SMILES string of the molecule is Nc1nc(=O)n([C@@H]2CS[C@H](CO)O2)cc1F.O=C(O)/C=C/c1ccc(O)cc1. The van der Waals surface area contributed by atoms with Gasteiger partial charge in [-0.15, -0.1) is 11.8 Å². The maximum absolute atomic E-state index is 13.1. The first-order chi connectivity index (χ1) is 13.3. The minimum Gasteiger partial charge on any atom is -0.508 e. The minimum absolute atomic E-state index is 0.152. The molecule has 2 heterocycles. The van der Waals surface area contributed by atoms with Crippen LogP contribution in [0.15, 0.2) is 41.3 Å². The predicted molar refractivity (Wildman–Crippen MR) is 101 cm³/mol. The van der Waals surface area contributed by atoms with E-state index in [0.29, 0.717) is 5.75 Å². The van der Waals surface area contributed by atoms with Crippen molar-refractivity contribution in [2.24, 2.45) is 0 Å². The molecule has 1 aromatic heterocycles. The van der Waals surface area contributed by atoms with Crippen LogP contribution < -0.4 is 11.4 Å². The predicted octanol–water partition coefficient (Wildman–Crippen LogP) is 1.03. The summed E-state index contributed by atoms with van der Waals surface area (Å²) in [5.74, 6) is -1.55. The van der Waals surface area contributed by atoms with Gasteiger partial charge in [0.2, 0.25) is 0 Å². The number of rotatable bonds is 4. The molecular formula is C17H18FN3O6S. The van der Waals surface area contributed by atoms with Gasteiger partial charge in [0.25, 0.3) is 0 Å². The number of thioether (sulfide) groups is 1. The summed E-state index contributed by atoms with van der Waals surface area (Å²) in [7, 11) is 0. The lowest BCUT2D eigenvalue weighted by Gasteiger charge is -2.13. The van der Waals surface area contributed by atoms with Gasteiger partial charge in [0, 0.05) is 11.8 Å². The lowest BCUT2D eigenvalue weighted by atomic mass is 10.2. The van der Waals surface area contributed by atoms with E-state index in [-0.39, 0.29) is 12.4 Å². The minimum atomic E-state index is -0.983. The van der Waals surface area contributed by atoms with Gasteiger partial charge >= 0.3 is 11.7 Å². The summed E-state index contributed by atoms with van der Waals surface area (Å²) in [6.45, 7) is -0.152. The molecule has 1 saturated heterocycles. The van der Waals surface area contributed by atoms with Crippen molar-refractivity contribution < 1.29 is 29.2 Å². The number of anilines is 1. The molecule has 1 fully saturated rings. The highest BCUT2D eigenvalue weighted by molar-refractivity contribution is 8.00. The summed E-state index contributed by atoms with van der Waals surface area (Å²) in [4.78, 5) is 24.9. The summed E-state index contributed by atoms with van der Waals surface area (Å²) in [6, 6.07) is 6.27. The van der Waals surface area contributed by atoms with Gasteiger partial charge in [-0.05, 0) is 23.8 Å². The second-order valence-electron chi connectivity index (χ2n) is 5.46. The molecule has 1 aromatic carbocycles. The number of phenols is 1. The number of nitrogens with zero attached hydrogens (tertiary/aromatic N) is 2. The maximum atomic E-state index is 13.1. The van der Waals surface area contributed by atoms with Crippen LogP contribution in [-0.2, 0) is 9.53 Å². The van der Waals surface area contributed by atoms with Crippen LogP contribution >= 0.6 is 11.8 Å². The molecular weight excluding hydrogens is 393 g/mol. The highest BCUT2D eigenvalue weighted by Crippen LogP contribution is 2.30. The van der Waals surface area contributed by atoms with Gasteiger partial charge in [-0.1, -0.05) is 12.1 Å². The Morgan fingerprint density at radius 2 is 2.11 bits per heavy atom. The fraction of sp³-hybridized carbons (Fsp3) is 0.235. The van der Waals surface area contributed by atoms with E-state index in [2.05, 4.69) is 4.98 Å². The number of aliphatic hydroxyl groups is 1. The number of benzene rings is 1. The standard InChI is InChI=1S/C9H8O3.C8H10FN3O3S/c10-8-4-1-7(2-5-8)3-6-9(11)12;9-4-1-12(8(14)11-7(4)10)5-3-16-6(2-13)15-5/h1-6,10H,(H,11,12);1,5-6,13H,2-3H2,(H2,10,11,14)/b6-3+;/t;5-,6+/m.0/s1. The van der Waals surface area contributed by atoms with Gasteiger partial charge < -0.3 is 25.8 Å². The van der Waals surface area contributed by atoms with Crippen molar-refractivity contribution in [2.75, 3.05) is 18.1 Å². The Hall–Kier alpha value is -2.89. The third kappa shape index (κ3) is 6.08. The average Bonchev–Trinajstić information content (AvgIpc) is 3.14. The lowest BCUT2D eigenvalue weighted by molar-refractivity contribution is -0.131. The average molecular weight is 411 g/mol. The fourth-order valence-corrected chi connectivity index (χ4v) is 3.03. The van der Waals surface area contributed by atoms with Gasteiger partial charge in [-0.2, -0.15) is 4.98 Å². The number of carboxylic acid groups (broad SMARTS) is 1. The van der Waals surface area contributed by atoms with Crippen LogP contribution in [0.2, 0.25) is 0 Å². The number of hydrogen-bond donors (Lipinski definition) is 4. The molecule has 5 N–H and O–H groups in total. The van der Waals surface area contributed by atoms with Crippen LogP contribution in [0.1, 0.15) is 11.8 Å². The highest BCUT2D eigenvalue weighted by Gasteiger charge is 2.28. The molecule has 28 heavy (non-hydrogen) atoms. The van der Waals surface area contributed by atoms with E-state index in [1.165, 1.54) is 30.0 Å². The molecule has 0 unspecified atom stereocenters. The topological polar surface area (TPSA) is 148 Å². The molecule has 2 aromatic rings. The summed E-state index contributed by atoms with van der Waals surface area (Å²) in [5.41, 5.74) is 4.85. The first-order valence-electron chi connectivity index (χ1n) is 7.92.